The van der Waals surface area contributed by atoms with Crippen LogP contribution in [0.5, 0.6) is 5.75 Å². The van der Waals surface area contributed by atoms with Gasteiger partial charge >= 0.3 is 0 Å². The van der Waals surface area contributed by atoms with Crippen molar-refractivity contribution in [3.63, 3.8) is 0 Å². The second-order valence-corrected chi connectivity index (χ2v) is 5.70. The van der Waals surface area contributed by atoms with E-state index in [2.05, 4.69) is 15.2 Å². The Morgan fingerprint density at radius 1 is 1.32 bits per heavy atom. The van der Waals surface area contributed by atoms with Gasteiger partial charge in [-0.05, 0) is 45.1 Å². The molecule has 0 aliphatic carbocycles. The maximum Gasteiger partial charge on any atom is 0.253 e. The number of aromatic nitrogens is 1. The monoisotopic (exact) mass is 323 g/mol. The van der Waals surface area contributed by atoms with Gasteiger partial charge in [0.15, 0.2) is 0 Å². The summed E-state index contributed by atoms with van der Waals surface area (Å²) in [7, 11) is 4.05. The fraction of sp³-hybridized carbons (Fsp3) is 0.438. The van der Waals surface area contributed by atoms with Gasteiger partial charge in [-0.3, -0.25) is 4.79 Å². The normalized spacial score (nSPS) is 13.4. The van der Waals surface area contributed by atoms with Gasteiger partial charge in [-0.2, -0.15) is 0 Å². The summed E-state index contributed by atoms with van der Waals surface area (Å²) in [5.74, 6) is 0.839. The molecule has 1 aliphatic rings. The molecule has 3 rings (SSSR count). The number of halogens is 1. The molecular weight excluding hydrogens is 302 g/mol. The number of likely N-dealkylation sites (N-methyl/N-ethyl adjacent to an activating group) is 1. The van der Waals surface area contributed by atoms with Crippen LogP contribution in [0.15, 0.2) is 23.0 Å². The number of benzene rings is 1. The van der Waals surface area contributed by atoms with E-state index in [1.807, 2.05) is 32.3 Å². The van der Waals surface area contributed by atoms with E-state index in [9.17, 15) is 4.79 Å². The molecule has 0 spiro atoms. The van der Waals surface area contributed by atoms with Crippen molar-refractivity contribution >= 4 is 29.0 Å². The van der Waals surface area contributed by atoms with Crippen LogP contribution in [0.1, 0.15) is 12.0 Å². The predicted molar refractivity (Wildman–Crippen MR) is 92.7 cm³/mol. The lowest BCUT2D eigenvalue weighted by Gasteiger charge is -2.19. The predicted octanol–water partition coefficient (Wildman–Crippen LogP) is 2.25. The SMILES string of the molecule is CN(C)CCOc1ccc2[nH]c(=O)c3c(c2c1)NCCC3.Cl. The third kappa shape index (κ3) is 3.36. The zero-order valence-electron chi connectivity index (χ0n) is 12.9. The zero-order valence-corrected chi connectivity index (χ0v) is 13.8. The molecule has 0 saturated carbocycles. The van der Waals surface area contributed by atoms with Gasteiger partial charge in [0.05, 0.1) is 11.2 Å². The van der Waals surface area contributed by atoms with Crippen molar-refractivity contribution in [2.24, 2.45) is 0 Å². The Hall–Kier alpha value is -1.72. The molecule has 0 atom stereocenters. The summed E-state index contributed by atoms with van der Waals surface area (Å²) in [6.07, 6.45) is 1.83. The Morgan fingerprint density at radius 3 is 2.91 bits per heavy atom. The standard InChI is InChI=1S/C16H21N3O2.ClH/c1-19(2)8-9-21-11-5-6-14-13(10-11)15-12(16(20)18-14)4-3-7-17-15;/h5-6,10,17H,3-4,7-9H2,1-2H3,(H,18,20);1H. The number of nitrogens with one attached hydrogen (secondary N) is 2. The first-order valence-corrected chi connectivity index (χ1v) is 7.35. The van der Waals surface area contributed by atoms with Gasteiger partial charge < -0.3 is 19.9 Å². The number of nitrogens with zero attached hydrogens (tertiary/aromatic N) is 1. The Labute approximate surface area is 136 Å². The topological polar surface area (TPSA) is 57.4 Å². The largest absolute Gasteiger partial charge is 0.492 e. The highest BCUT2D eigenvalue weighted by molar-refractivity contribution is 5.94. The molecule has 0 unspecified atom stereocenters. The molecule has 5 nitrogen and oxygen atoms in total. The summed E-state index contributed by atoms with van der Waals surface area (Å²) in [6.45, 7) is 2.44. The average molecular weight is 324 g/mol. The first-order valence-electron chi connectivity index (χ1n) is 7.35. The molecule has 2 heterocycles. The van der Waals surface area contributed by atoms with E-state index < -0.39 is 0 Å². The van der Waals surface area contributed by atoms with Gasteiger partial charge in [0.25, 0.3) is 5.56 Å². The third-order valence-electron chi connectivity index (χ3n) is 3.80. The molecule has 6 heteroatoms. The van der Waals surface area contributed by atoms with Gasteiger partial charge in [-0.1, -0.05) is 0 Å². The Bertz CT molecular complexity index is 712. The van der Waals surface area contributed by atoms with E-state index in [0.29, 0.717) is 6.61 Å². The Balaban J connectivity index is 0.00000176. The number of rotatable bonds is 4. The van der Waals surface area contributed by atoms with Crippen molar-refractivity contribution in [2.75, 3.05) is 39.1 Å². The first-order chi connectivity index (χ1) is 10.1. The second-order valence-electron chi connectivity index (χ2n) is 5.70. The van der Waals surface area contributed by atoms with Crippen LogP contribution in [-0.4, -0.2) is 43.7 Å². The van der Waals surface area contributed by atoms with E-state index in [4.69, 9.17) is 4.74 Å². The molecule has 0 amide bonds. The maximum atomic E-state index is 12.1. The molecule has 0 bridgehead atoms. The van der Waals surface area contributed by atoms with Gasteiger partial charge in [0.2, 0.25) is 0 Å². The van der Waals surface area contributed by atoms with Gasteiger partial charge in [0, 0.05) is 24.0 Å². The summed E-state index contributed by atoms with van der Waals surface area (Å²) >= 11 is 0. The molecule has 0 saturated heterocycles. The van der Waals surface area contributed by atoms with Crippen molar-refractivity contribution in [3.8, 4) is 5.75 Å². The van der Waals surface area contributed by atoms with Crippen molar-refractivity contribution < 1.29 is 4.74 Å². The molecule has 0 radical (unpaired) electrons. The van der Waals surface area contributed by atoms with E-state index in [0.717, 1.165) is 53.8 Å². The molecule has 120 valence electrons. The van der Waals surface area contributed by atoms with Gasteiger partial charge in [0.1, 0.15) is 12.4 Å². The second kappa shape index (κ2) is 7.03. The van der Waals surface area contributed by atoms with Crippen LogP contribution >= 0.6 is 12.4 Å². The fourth-order valence-electron chi connectivity index (χ4n) is 2.67. The molecule has 0 fully saturated rings. The van der Waals surface area contributed by atoms with E-state index >= 15 is 0 Å². The smallest absolute Gasteiger partial charge is 0.253 e. The van der Waals surface area contributed by atoms with Crippen molar-refractivity contribution in [1.29, 1.82) is 0 Å². The number of anilines is 1. The average Bonchev–Trinajstić information content (AvgIpc) is 2.48. The van der Waals surface area contributed by atoms with Crippen LogP contribution < -0.4 is 15.6 Å². The Kier molecular flexibility index (Phi) is 5.32. The number of aromatic amines is 1. The Morgan fingerprint density at radius 2 is 2.14 bits per heavy atom. The minimum Gasteiger partial charge on any atom is -0.492 e. The van der Waals surface area contributed by atoms with Crippen LogP contribution in [0.25, 0.3) is 10.9 Å². The lowest BCUT2D eigenvalue weighted by molar-refractivity contribution is 0.261. The van der Waals surface area contributed by atoms with Gasteiger partial charge in [-0.15, -0.1) is 12.4 Å². The number of ether oxygens (including phenoxy) is 1. The number of pyridine rings is 1. The minimum atomic E-state index is 0. The number of hydrogen-bond donors (Lipinski definition) is 2. The summed E-state index contributed by atoms with van der Waals surface area (Å²) in [5.41, 5.74) is 2.70. The van der Waals surface area contributed by atoms with E-state index in [1.165, 1.54) is 0 Å². The zero-order chi connectivity index (χ0) is 14.8. The van der Waals surface area contributed by atoms with E-state index in [1.54, 1.807) is 0 Å². The molecule has 1 aromatic carbocycles. The molecule has 1 aromatic heterocycles. The molecule has 2 N–H and O–H groups in total. The van der Waals surface area contributed by atoms with Crippen LogP contribution in [0.4, 0.5) is 5.69 Å². The number of fused-ring (bicyclic) bond motifs is 3. The lowest BCUT2D eigenvalue weighted by Crippen LogP contribution is -2.22. The van der Waals surface area contributed by atoms with Crippen LogP contribution in [-0.2, 0) is 6.42 Å². The van der Waals surface area contributed by atoms with Crippen molar-refractivity contribution in [1.82, 2.24) is 9.88 Å². The number of hydrogen-bond acceptors (Lipinski definition) is 4. The first kappa shape index (κ1) is 16.6. The summed E-state index contributed by atoms with van der Waals surface area (Å²) in [4.78, 5) is 17.1. The quantitative estimate of drug-likeness (QED) is 0.906. The molecule has 1 aliphatic heterocycles. The minimum absolute atomic E-state index is 0. The lowest BCUT2D eigenvalue weighted by atomic mass is 10.0. The van der Waals surface area contributed by atoms with Gasteiger partial charge in [-0.25, -0.2) is 0 Å². The highest BCUT2D eigenvalue weighted by Gasteiger charge is 2.16. The third-order valence-corrected chi connectivity index (χ3v) is 3.80. The summed E-state index contributed by atoms with van der Waals surface area (Å²) in [6, 6.07) is 5.83. The fourth-order valence-corrected chi connectivity index (χ4v) is 2.67. The van der Waals surface area contributed by atoms with Crippen LogP contribution in [0.3, 0.4) is 0 Å². The van der Waals surface area contributed by atoms with Crippen LogP contribution in [0.2, 0.25) is 0 Å². The van der Waals surface area contributed by atoms with Crippen LogP contribution in [0, 0.1) is 0 Å². The highest BCUT2D eigenvalue weighted by atomic mass is 35.5. The highest BCUT2D eigenvalue weighted by Crippen LogP contribution is 2.30. The van der Waals surface area contributed by atoms with E-state index in [-0.39, 0.29) is 18.0 Å². The molecular formula is C16H22ClN3O2. The van der Waals surface area contributed by atoms with Crippen molar-refractivity contribution in [2.45, 2.75) is 12.8 Å². The van der Waals surface area contributed by atoms with Crippen molar-refractivity contribution in [3.05, 3.63) is 34.1 Å². The molecule has 2 aromatic rings. The summed E-state index contributed by atoms with van der Waals surface area (Å²) < 4.78 is 5.78. The summed E-state index contributed by atoms with van der Waals surface area (Å²) in [5, 5.41) is 4.40. The number of H-pyrrole nitrogens is 1. The molecule has 22 heavy (non-hydrogen) atoms. The maximum absolute atomic E-state index is 12.1.